The molecule has 3 aliphatic rings. The molecule has 7 heteroatoms. The Bertz CT molecular complexity index is 1140. The molecule has 2 heterocycles. The van der Waals surface area contributed by atoms with Gasteiger partial charge in [-0.05, 0) is 48.6 Å². The maximum Gasteiger partial charge on any atom is 0.121 e. The van der Waals surface area contributed by atoms with E-state index in [0.29, 0.717) is 6.04 Å². The predicted molar refractivity (Wildman–Crippen MR) is 133 cm³/mol. The smallest absolute Gasteiger partial charge is 0.121 e. The quantitative estimate of drug-likeness (QED) is 0.245. The Balaban J connectivity index is 0.000000407. The second-order valence-electron chi connectivity index (χ2n) is 9.35. The highest BCUT2D eigenvalue weighted by atomic mass is 17.0. The topological polar surface area (TPSA) is 114 Å². The molecule has 180 valence electrons. The average molecular weight is 464 g/mol. The monoisotopic (exact) mass is 463 g/mol. The third-order valence-electron chi connectivity index (χ3n) is 6.52. The van der Waals surface area contributed by atoms with Crippen molar-refractivity contribution in [1.82, 2.24) is 4.57 Å². The lowest BCUT2D eigenvalue weighted by Gasteiger charge is -2.23. The van der Waals surface area contributed by atoms with E-state index in [-0.39, 0.29) is 6.10 Å². The summed E-state index contributed by atoms with van der Waals surface area (Å²) in [6.45, 7) is 3.79. The largest absolute Gasteiger partial charge is 0.490 e. The number of rotatable bonds is 4. The summed E-state index contributed by atoms with van der Waals surface area (Å²) >= 11 is 0. The Morgan fingerprint density at radius 3 is 2.21 bits per heavy atom. The highest BCUT2D eigenvalue weighted by Crippen LogP contribution is 2.45. The number of benzene rings is 2. The maximum absolute atomic E-state index is 9.95. The van der Waals surface area contributed by atoms with Crippen LogP contribution in [0.1, 0.15) is 57.1 Å². The first-order valence-corrected chi connectivity index (χ1v) is 12.0. The van der Waals surface area contributed by atoms with Crippen molar-refractivity contribution < 1.29 is 20.0 Å². The molecule has 2 aliphatic carbocycles. The molecule has 3 aromatic rings. The molecule has 0 radical (unpaired) electrons. The Morgan fingerprint density at radius 2 is 1.65 bits per heavy atom. The first-order valence-electron chi connectivity index (χ1n) is 12.0. The SMILES string of the molecule is CC1CC1.N#Cc1c(-c2ccc(N)cc2)n(C2CC2)c2cc(OC3CCOCC3)ccc12.OO. The number of nitrogens with two attached hydrogens (primary N) is 1. The van der Waals surface area contributed by atoms with Crippen LogP contribution in [0.25, 0.3) is 22.2 Å². The molecule has 0 bridgehead atoms. The van der Waals surface area contributed by atoms with Crippen LogP contribution in [0.15, 0.2) is 42.5 Å². The van der Waals surface area contributed by atoms with Gasteiger partial charge in [-0.1, -0.05) is 31.9 Å². The van der Waals surface area contributed by atoms with E-state index < -0.39 is 0 Å². The number of nitrogens with zero attached hydrogens (tertiary/aromatic N) is 2. The van der Waals surface area contributed by atoms with Gasteiger partial charge in [-0.3, -0.25) is 10.5 Å². The summed E-state index contributed by atoms with van der Waals surface area (Å²) < 4.78 is 14.0. The predicted octanol–water partition coefficient (Wildman–Crippen LogP) is 6.09. The summed E-state index contributed by atoms with van der Waals surface area (Å²) in [6.07, 6.45) is 7.29. The fourth-order valence-corrected chi connectivity index (χ4v) is 4.27. The van der Waals surface area contributed by atoms with Crippen LogP contribution in [0, 0.1) is 17.2 Å². The van der Waals surface area contributed by atoms with Crippen LogP contribution in [-0.2, 0) is 4.74 Å². The first kappa shape index (κ1) is 24.1. The normalized spacial score (nSPS) is 17.7. The third kappa shape index (κ3) is 5.53. The molecule has 0 unspecified atom stereocenters. The molecule has 6 rings (SSSR count). The van der Waals surface area contributed by atoms with E-state index in [1.54, 1.807) is 0 Å². The molecule has 4 N–H and O–H groups in total. The van der Waals surface area contributed by atoms with E-state index in [1.165, 1.54) is 12.8 Å². The molecular formula is C27H33N3O4. The molecule has 34 heavy (non-hydrogen) atoms. The molecule has 2 saturated carbocycles. The Kier molecular flexibility index (Phi) is 7.73. The van der Waals surface area contributed by atoms with Crippen LogP contribution in [-0.4, -0.2) is 34.4 Å². The van der Waals surface area contributed by atoms with Gasteiger partial charge in [0.2, 0.25) is 0 Å². The second-order valence-corrected chi connectivity index (χ2v) is 9.35. The van der Waals surface area contributed by atoms with E-state index >= 15 is 0 Å². The van der Waals surface area contributed by atoms with Crippen molar-refractivity contribution in [1.29, 1.82) is 5.26 Å². The highest BCUT2D eigenvalue weighted by Gasteiger charge is 2.31. The van der Waals surface area contributed by atoms with Crippen molar-refractivity contribution in [2.75, 3.05) is 18.9 Å². The first-order chi connectivity index (χ1) is 16.6. The van der Waals surface area contributed by atoms with Gasteiger partial charge in [0.05, 0.1) is 30.0 Å². The standard InChI is InChI=1S/C23H23N3O2.C4H8.H2O2/c24-14-21-20-8-7-19(28-18-9-11-27-12-10-18)13-22(20)26(17-5-6-17)23(21)15-1-3-16(25)4-2-15;1-4-2-3-4;1-2/h1-4,7-8,13,17-18H,5-6,9-12,25H2;4H,2-3H2,1H3;1-2H. The molecule has 1 aliphatic heterocycles. The van der Waals surface area contributed by atoms with Gasteiger partial charge in [0.25, 0.3) is 0 Å². The lowest BCUT2D eigenvalue weighted by Crippen LogP contribution is -2.25. The highest BCUT2D eigenvalue weighted by molar-refractivity contribution is 5.95. The minimum absolute atomic E-state index is 0.197. The van der Waals surface area contributed by atoms with E-state index in [9.17, 15) is 5.26 Å². The van der Waals surface area contributed by atoms with Crippen LogP contribution >= 0.6 is 0 Å². The Morgan fingerprint density at radius 1 is 1.00 bits per heavy atom. The molecule has 3 fully saturated rings. The number of hydrogen-bond acceptors (Lipinski definition) is 6. The summed E-state index contributed by atoms with van der Waals surface area (Å²) in [7, 11) is 0. The van der Waals surface area contributed by atoms with Crippen LogP contribution in [0.4, 0.5) is 5.69 Å². The fraction of sp³-hybridized carbons (Fsp3) is 0.444. The molecule has 2 aromatic carbocycles. The molecule has 0 spiro atoms. The zero-order valence-electron chi connectivity index (χ0n) is 19.6. The van der Waals surface area contributed by atoms with Gasteiger partial charge in [-0.25, -0.2) is 0 Å². The van der Waals surface area contributed by atoms with Crippen LogP contribution in [0.5, 0.6) is 5.75 Å². The van der Waals surface area contributed by atoms with Crippen molar-refractivity contribution in [2.24, 2.45) is 5.92 Å². The van der Waals surface area contributed by atoms with Crippen molar-refractivity contribution in [2.45, 2.75) is 57.6 Å². The summed E-state index contributed by atoms with van der Waals surface area (Å²) in [5, 5.41) is 22.9. The number of hydrogen-bond donors (Lipinski definition) is 3. The Hall–Kier alpha value is -3.05. The lowest BCUT2D eigenvalue weighted by molar-refractivity contribution is -0.176. The third-order valence-corrected chi connectivity index (χ3v) is 6.52. The van der Waals surface area contributed by atoms with Crippen molar-refractivity contribution in [3.63, 3.8) is 0 Å². The second kappa shape index (κ2) is 10.9. The van der Waals surface area contributed by atoms with Crippen LogP contribution < -0.4 is 10.5 Å². The Labute approximate surface area is 200 Å². The number of aromatic nitrogens is 1. The molecule has 1 aromatic heterocycles. The van der Waals surface area contributed by atoms with Gasteiger partial charge >= 0.3 is 0 Å². The maximum atomic E-state index is 9.95. The lowest BCUT2D eigenvalue weighted by atomic mass is 10.1. The van der Waals surface area contributed by atoms with Crippen LogP contribution in [0.3, 0.4) is 0 Å². The van der Waals surface area contributed by atoms with Crippen LogP contribution in [0.2, 0.25) is 0 Å². The van der Waals surface area contributed by atoms with Crippen molar-refractivity contribution in [3.8, 4) is 23.1 Å². The van der Waals surface area contributed by atoms with E-state index in [1.807, 2.05) is 36.4 Å². The van der Waals surface area contributed by atoms with E-state index in [2.05, 4.69) is 23.6 Å². The number of fused-ring (bicyclic) bond motifs is 1. The van der Waals surface area contributed by atoms with Gasteiger partial charge in [-0.2, -0.15) is 5.26 Å². The zero-order valence-corrected chi connectivity index (χ0v) is 19.6. The summed E-state index contributed by atoms with van der Waals surface area (Å²) in [5.74, 6) is 1.95. The minimum atomic E-state index is 0.197. The van der Waals surface area contributed by atoms with Gasteiger partial charge in [-0.15, -0.1) is 0 Å². The zero-order chi connectivity index (χ0) is 24.1. The summed E-state index contributed by atoms with van der Waals surface area (Å²) in [6, 6.07) is 16.8. The summed E-state index contributed by atoms with van der Waals surface area (Å²) in [5.41, 5.74) is 10.4. The minimum Gasteiger partial charge on any atom is -0.490 e. The van der Waals surface area contributed by atoms with Gasteiger partial charge < -0.3 is 19.8 Å². The molecule has 7 nitrogen and oxygen atoms in total. The van der Waals surface area contributed by atoms with Gasteiger partial charge in [0.15, 0.2) is 0 Å². The molecular weight excluding hydrogens is 430 g/mol. The van der Waals surface area contributed by atoms with Crippen molar-refractivity contribution >= 4 is 16.6 Å². The molecule has 0 amide bonds. The number of anilines is 1. The fourth-order valence-electron chi connectivity index (χ4n) is 4.27. The number of nitrogen functional groups attached to an aromatic ring is 1. The van der Waals surface area contributed by atoms with Gasteiger partial charge in [0.1, 0.15) is 17.9 Å². The summed E-state index contributed by atoms with van der Waals surface area (Å²) in [4.78, 5) is 0. The van der Waals surface area contributed by atoms with Crippen molar-refractivity contribution in [3.05, 3.63) is 48.0 Å². The average Bonchev–Trinajstić information content (AvgIpc) is 3.81. The van der Waals surface area contributed by atoms with E-state index in [0.717, 1.165) is 84.0 Å². The number of nitriles is 1. The van der Waals surface area contributed by atoms with E-state index in [4.69, 9.17) is 25.7 Å². The number of ether oxygens (including phenoxy) is 2. The molecule has 0 atom stereocenters. The van der Waals surface area contributed by atoms with Gasteiger partial charge in [0, 0.05) is 36.0 Å². The molecule has 1 saturated heterocycles.